The Labute approximate surface area is 110 Å². The summed E-state index contributed by atoms with van der Waals surface area (Å²) < 4.78 is 39.5. The van der Waals surface area contributed by atoms with Crippen LogP contribution in [0.15, 0.2) is 30.3 Å². The van der Waals surface area contributed by atoms with Gasteiger partial charge in [0.05, 0.1) is 11.3 Å². The van der Waals surface area contributed by atoms with Crippen LogP contribution in [0, 0.1) is 0 Å². The number of carboxylic acid groups (broad SMARTS) is 1. The fraction of sp³-hybridized carbons (Fsp3) is 0.0909. The highest BCUT2D eigenvalue weighted by Crippen LogP contribution is 2.33. The molecular formula is C11H7F3N4O2. The summed E-state index contributed by atoms with van der Waals surface area (Å²) in [5, 5.41) is 18.7. The van der Waals surface area contributed by atoms with Crippen molar-refractivity contribution in [2.24, 2.45) is 0 Å². The van der Waals surface area contributed by atoms with E-state index in [1.807, 2.05) is 0 Å². The Hall–Kier alpha value is -2.71. The third-order valence-electron chi connectivity index (χ3n) is 2.31. The maximum absolute atomic E-state index is 12.9. The van der Waals surface area contributed by atoms with Crippen molar-refractivity contribution in [2.45, 2.75) is 6.18 Å². The second kappa shape index (κ2) is 5.11. The van der Waals surface area contributed by atoms with Crippen LogP contribution >= 0.6 is 0 Å². The van der Waals surface area contributed by atoms with Crippen molar-refractivity contribution in [1.29, 1.82) is 0 Å². The summed E-state index contributed by atoms with van der Waals surface area (Å²) >= 11 is 0. The van der Waals surface area contributed by atoms with E-state index in [4.69, 9.17) is 5.11 Å². The fourth-order valence-electron chi connectivity index (χ4n) is 1.51. The Bertz CT molecular complexity index is 664. The van der Waals surface area contributed by atoms with Gasteiger partial charge in [-0.05, 0) is 28.6 Å². The molecule has 0 radical (unpaired) electrons. The number of aliphatic carboxylic acids is 1. The number of nitrogens with zero attached hydrogens (tertiary/aromatic N) is 4. The van der Waals surface area contributed by atoms with Gasteiger partial charge in [0.2, 0.25) is 0 Å². The molecule has 1 aromatic carbocycles. The zero-order chi connectivity index (χ0) is 14.8. The summed E-state index contributed by atoms with van der Waals surface area (Å²) in [5.74, 6) is -1.38. The Morgan fingerprint density at radius 3 is 2.65 bits per heavy atom. The van der Waals surface area contributed by atoms with E-state index in [1.54, 1.807) is 0 Å². The van der Waals surface area contributed by atoms with Gasteiger partial charge in [0, 0.05) is 6.08 Å². The van der Waals surface area contributed by atoms with Crippen LogP contribution in [0.5, 0.6) is 0 Å². The second-order valence-electron chi connectivity index (χ2n) is 3.64. The second-order valence-corrected chi connectivity index (χ2v) is 3.64. The van der Waals surface area contributed by atoms with Crippen molar-refractivity contribution in [3.63, 3.8) is 0 Å². The van der Waals surface area contributed by atoms with Gasteiger partial charge in [-0.3, -0.25) is 0 Å². The van der Waals surface area contributed by atoms with E-state index in [9.17, 15) is 18.0 Å². The molecule has 0 fully saturated rings. The van der Waals surface area contributed by atoms with E-state index in [-0.39, 0.29) is 11.5 Å². The largest absolute Gasteiger partial charge is 0.478 e. The van der Waals surface area contributed by atoms with Crippen LogP contribution in [0.4, 0.5) is 13.2 Å². The molecule has 2 aromatic rings. The molecule has 0 unspecified atom stereocenters. The monoisotopic (exact) mass is 284 g/mol. The summed E-state index contributed by atoms with van der Waals surface area (Å²) in [6.07, 6.45) is -2.83. The van der Waals surface area contributed by atoms with Crippen molar-refractivity contribution in [3.05, 3.63) is 41.7 Å². The van der Waals surface area contributed by atoms with Crippen LogP contribution in [-0.2, 0) is 11.0 Å². The minimum Gasteiger partial charge on any atom is -0.478 e. The van der Waals surface area contributed by atoms with Crippen molar-refractivity contribution < 1.29 is 23.1 Å². The molecule has 104 valence electrons. The standard InChI is InChI=1S/C11H7F3N4O2/c12-11(13,14)7-3-1-2-4-8(7)18-9(15-16-17-18)5-6-10(19)20/h1-6H,(H,19,20)/b6-5+. The van der Waals surface area contributed by atoms with Crippen molar-refractivity contribution >= 4 is 12.0 Å². The summed E-state index contributed by atoms with van der Waals surface area (Å²) in [4.78, 5) is 10.4. The minimum atomic E-state index is -4.57. The van der Waals surface area contributed by atoms with Gasteiger partial charge in [-0.1, -0.05) is 12.1 Å². The minimum absolute atomic E-state index is 0.121. The van der Waals surface area contributed by atoms with Gasteiger partial charge in [0.1, 0.15) is 0 Å². The highest BCUT2D eigenvalue weighted by Gasteiger charge is 2.34. The van der Waals surface area contributed by atoms with Gasteiger partial charge in [-0.15, -0.1) is 5.10 Å². The fourth-order valence-corrected chi connectivity index (χ4v) is 1.51. The number of halogens is 3. The molecule has 6 nitrogen and oxygen atoms in total. The van der Waals surface area contributed by atoms with Gasteiger partial charge >= 0.3 is 12.1 Å². The molecule has 20 heavy (non-hydrogen) atoms. The van der Waals surface area contributed by atoms with E-state index in [0.29, 0.717) is 0 Å². The maximum atomic E-state index is 12.9. The molecule has 1 heterocycles. The Balaban J connectivity index is 2.54. The van der Waals surface area contributed by atoms with Gasteiger partial charge in [0.15, 0.2) is 5.82 Å². The van der Waals surface area contributed by atoms with Crippen molar-refractivity contribution in [1.82, 2.24) is 20.2 Å². The van der Waals surface area contributed by atoms with E-state index in [1.165, 1.54) is 18.2 Å². The van der Waals surface area contributed by atoms with E-state index >= 15 is 0 Å². The van der Waals surface area contributed by atoms with Crippen molar-refractivity contribution in [3.8, 4) is 5.69 Å². The lowest BCUT2D eigenvalue weighted by atomic mass is 10.1. The zero-order valence-electron chi connectivity index (χ0n) is 9.74. The quantitative estimate of drug-likeness (QED) is 0.869. The lowest BCUT2D eigenvalue weighted by molar-refractivity contribution is -0.137. The Kier molecular flexibility index (Phi) is 3.51. The summed E-state index contributed by atoms with van der Waals surface area (Å²) in [6, 6.07) is 4.72. The zero-order valence-corrected chi connectivity index (χ0v) is 9.74. The number of hydrogen-bond donors (Lipinski definition) is 1. The Morgan fingerprint density at radius 2 is 2.00 bits per heavy atom. The first-order chi connectivity index (χ1) is 9.39. The maximum Gasteiger partial charge on any atom is 0.418 e. The first-order valence-electron chi connectivity index (χ1n) is 5.25. The van der Waals surface area contributed by atoms with Crippen molar-refractivity contribution in [2.75, 3.05) is 0 Å². The molecule has 0 spiro atoms. The molecule has 9 heteroatoms. The lowest BCUT2D eigenvalue weighted by Gasteiger charge is -2.12. The molecule has 1 aromatic heterocycles. The number of hydrogen-bond acceptors (Lipinski definition) is 4. The smallest absolute Gasteiger partial charge is 0.418 e. The first kappa shape index (κ1) is 13.7. The number of para-hydroxylation sites is 1. The molecule has 0 aliphatic carbocycles. The van der Waals surface area contributed by atoms with Crippen LogP contribution < -0.4 is 0 Å². The number of aromatic nitrogens is 4. The Morgan fingerprint density at radius 1 is 1.30 bits per heavy atom. The SMILES string of the molecule is O=C(O)/C=C/c1nnnn1-c1ccccc1C(F)(F)F. The number of carbonyl (C=O) groups is 1. The van der Waals surface area contributed by atoms with E-state index in [2.05, 4.69) is 15.5 Å². The summed E-state index contributed by atoms with van der Waals surface area (Å²) in [7, 11) is 0. The van der Waals surface area contributed by atoms with E-state index < -0.39 is 17.7 Å². The van der Waals surface area contributed by atoms with Gasteiger partial charge < -0.3 is 5.11 Å². The third kappa shape index (κ3) is 2.82. The number of alkyl halides is 3. The third-order valence-corrected chi connectivity index (χ3v) is 2.31. The van der Waals surface area contributed by atoms with Crippen LogP contribution in [0.25, 0.3) is 11.8 Å². The molecule has 0 amide bonds. The molecule has 2 rings (SSSR count). The lowest BCUT2D eigenvalue weighted by Crippen LogP contribution is -2.12. The number of rotatable bonds is 3. The van der Waals surface area contributed by atoms with Gasteiger partial charge in [0.25, 0.3) is 0 Å². The molecule has 0 aliphatic heterocycles. The number of tetrazole rings is 1. The molecule has 0 aliphatic rings. The van der Waals surface area contributed by atoms with Crippen LogP contribution in [-0.4, -0.2) is 31.3 Å². The van der Waals surface area contributed by atoms with Crippen LogP contribution in [0.1, 0.15) is 11.4 Å². The molecular weight excluding hydrogens is 277 g/mol. The van der Waals surface area contributed by atoms with Gasteiger partial charge in [-0.2, -0.15) is 17.9 Å². The molecule has 0 saturated heterocycles. The van der Waals surface area contributed by atoms with Crippen LogP contribution in [0.2, 0.25) is 0 Å². The predicted octanol–water partition coefficient (Wildman–Crippen LogP) is 1.78. The summed E-state index contributed by atoms with van der Waals surface area (Å²) in [6.45, 7) is 0. The normalized spacial score (nSPS) is 11.9. The average Bonchev–Trinajstić information content (AvgIpc) is 2.83. The molecule has 0 atom stereocenters. The highest BCUT2D eigenvalue weighted by atomic mass is 19.4. The van der Waals surface area contributed by atoms with E-state index in [0.717, 1.165) is 22.9 Å². The van der Waals surface area contributed by atoms with Crippen LogP contribution in [0.3, 0.4) is 0 Å². The average molecular weight is 284 g/mol. The predicted molar refractivity (Wildman–Crippen MR) is 60.8 cm³/mol. The molecule has 0 saturated carbocycles. The summed E-state index contributed by atoms with van der Waals surface area (Å²) in [5.41, 5.74) is -1.20. The first-order valence-corrected chi connectivity index (χ1v) is 5.25. The number of benzene rings is 1. The van der Waals surface area contributed by atoms with Gasteiger partial charge in [-0.25, -0.2) is 4.79 Å². The number of carboxylic acids is 1. The topological polar surface area (TPSA) is 80.9 Å². The highest BCUT2D eigenvalue weighted by molar-refractivity contribution is 5.84. The molecule has 0 bridgehead atoms. The molecule has 1 N–H and O–H groups in total.